The first-order valence-electron chi connectivity index (χ1n) is 22.9. The molecule has 0 aromatic heterocycles. The molecule has 1 unspecified atom stereocenters. The predicted molar refractivity (Wildman–Crippen MR) is 243 cm³/mol. The molecule has 60 heavy (non-hydrogen) atoms. The first kappa shape index (κ1) is 57.4. The highest BCUT2D eigenvalue weighted by molar-refractivity contribution is 7.45. The Balaban J connectivity index is 4.58. The van der Waals surface area contributed by atoms with E-state index < -0.39 is 44.7 Å². The van der Waals surface area contributed by atoms with Crippen LogP contribution in [0.2, 0.25) is 0 Å². The molecule has 0 bridgehead atoms. The molecule has 2 N–H and O–H groups in total. The number of phosphoric ester groups is 1. The molecule has 0 rings (SSSR count). The fraction of sp³-hybridized carbons (Fsp3) is 0.708. The van der Waals surface area contributed by atoms with Gasteiger partial charge in [0.05, 0.1) is 40.0 Å². The van der Waals surface area contributed by atoms with Crippen LogP contribution in [0.25, 0.3) is 0 Å². The molecule has 11 nitrogen and oxygen atoms in total. The smallest absolute Gasteiger partial charge is 0.306 e. The SMILES string of the molecule is CC/C=C\C[C@H](O)/C=C/C=C\C=C\[C@H](O)C/C=C\C/C=C\CCC(=O)O[C@H](COC(=O)CCCCCCCCCCCCCCCCC)COP(=O)([O-])OCC[N+](C)(C)C. The van der Waals surface area contributed by atoms with Gasteiger partial charge in [-0.15, -0.1) is 0 Å². The highest BCUT2D eigenvalue weighted by Gasteiger charge is 2.21. The Morgan fingerprint density at radius 1 is 0.633 bits per heavy atom. The summed E-state index contributed by atoms with van der Waals surface area (Å²) in [5, 5.41) is 20.0. The molecule has 0 heterocycles. The topological polar surface area (TPSA) is 152 Å². The molecule has 0 radical (unpaired) electrons. The van der Waals surface area contributed by atoms with Crippen molar-refractivity contribution in [3.05, 3.63) is 72.9 Å². The first-order chi connectivity index (χ1) is 28.8. The Bertz CT molecular complexity index is 1290. The number of unbranched alkanes of at least 4 members (excludes halogenated alkanes) is 14. The summed E-state index contributed by atoms with van der Waals surface area (Å²) < 4.78 is 33.7. The number of phosphoric acid groups is 1. The van der Waals surface area contributed by atoms with E-state index in [2.05, 4.69) is 6.92 Å². The van der Waals surface area contributed by atoms with Crippen molar-refractivity contribution in [2.45, 2.75) is 173 Å². The molecule has 0 aromatic carbocycles. The molecule has 4 atom stereocenters. The number of nitrogens with zero attached hydrogens (tertiary/aromatic N) is 1. The normalized spacial score (nSPS) is 15.3. The van der Waals surface area contributed by atoms with Crippen molar-refractivity contribution in [3.63, 3.8) is 0 Å². The van der Waals surface area contributed by atoms with E-state index in [1.807, 2.05) is 64.5 Å². The Morgan fingerprint density at radius 3 is 1.68 bits per heavy atom. The lowest BCUT2D eigenvalue weighted by Crippen LogP contribution is -2.37. The fourth-order valence-corrected chi connectivity index (χ4v) is 6.52. The Hall–Kier alpha value is -2.63. The number of rotatable bonds is 40. The van der Waals surface area contributed by atoms with Gasteiger partial charge in [-0.25, -0.2) is 0 Å². The monoisotopic (exact) mass is 866 g/mol. The van der Waals surface area contributed by atoms with Gasteiger partial charge < -0.3 is 38.1 Å². The molecular formula is C48H84NO10P. The number of hydrogen-bond acceptors (Lipinski definition) is 10. The minimum absolute atomic E-state index is 0.0416. The molecule has 0 saturated heterocycles. The number of hydrogen-bond donors (Lipinski definition) is 2. The van der Waals surface area contributed by atoms with Crippen LogP contribution in [0.5, 0.6) is 0 Å². The number of esters is 2. The van der Waals surface area contributed by atoms with Crippen LogP contribution < -0.4 is 4.89 Å². The van der Waals surface area contributed by atoms with Crippen LogP contribution in [0, 0.1) is 0 Å². The van der Waals surface area contributed by atoms with Gasteiger partial charge in [0, 0.05) is 12.8 Å². The van der Waals surface area contributed by atoms with Crippen molar-refractivity contribution in [3.8, 4) is 0 Å². The second-order valence-electron chi connectivity index (χ2n) is 16.4. The zero-order chi connectivity index (χ0) is 44.6. The molecule has 0 fully saturated rings. The summed E-state index contributed by atoms with van der Waals surface area (Å²) in [6.07, 6.45) is 41.5. The van der Waals surface area contributed by atoms with Crippen LogP contribution in [0.15, 0.2) is 72.9 Å². The molecular weight excluding hydrogens is 781 g/mol. The first-order valence-corrected chi connectivity index (χ1v) is 24.3. The van der Waals surface area contributed by atoms with E-state index in [9.17, 15) is 29.3 Å². The van der Waals surface area contributed by atoms with Crippen molar-refractivity contribution < 1.29 is 52.3 Å². The molecule has 0 aromatic rings. The summed E-state index contributed by atoms with van der Waals surface area (Å²) in [5.41, 5.74) is 0. The van der Waals surface area contributed by atoms with Crippen molar-refractivity contribution in [2.75, 3.05) is 47.5 Å². The Kier molecular flexibility index (Phi) is 37.5. The summed E-state index contributed by atoms with van der Waals surface area (Å²) >= 11 is 0. The second kappa shape index (κ2) is 39.2. The molecule has 12 heteroatoms. The average molecular weight is 866 g/mol. The van der Waals surface area contributed by atoms with Crippen molar-refractivity contribution in [2.24, 2.45) is 0 Å². The zero-order valence-corrected chi connectivity index (χ0v) is 39.0. The quantitative estimate of drug-likeness (QED) is 0.0152. The van der Waals surface area contributed by atoms with E-state index in [1.165, 1.54) is 70.6 Å². The number of allylic oxidation sites excluding steroid dienone is 8. The van der Waals surface area contributed by atoms with E-state index >= 15 is 0 Å². The number of carbonyl (C=O) groups is 2. The molecule has 0 saturated carbocycles. The van der Waals surface area contributed by atoms with Crippen molar-refractivity contribution in [1.29, 1.82) is 0 Å². The predicted octanol–water partition coefficient (Wildman–Crippen LogP) is 10.3. The number of ether oxygens (including phenoxy) is 2. The molecule has 0 amide bonds. The van der Waals surface area contributed by atoms with Gasteiger partial charge in [0.1, 0.15) is 19.8 Å². The lowest BCUT2D eigenvalue weighted by Gasteiger charge is -2.28. The fourth-order valence-electron chi connectivity index (χ4n) is 5.80. The average Bonchev–Trinajstić information content (AvgIpc) is 3.19. The highest BCUT2D eigenvalue weighted by Crippen LogP contribution is 2.38. The summed E-state index contributed by atoms with van der Waals surface area (Å²) in [7, 11) is 1.04. The van der Waals surface area contributed by atoms with E-state index in [4.69, 9.17) is 18.5 Å². The number of likely N-dealkylation sites (N-methyl/N-ethyl adjacent to an activating group) is 1. The van der Waals surface area contributed by atoms with Gasteiger partial charge in [-0.1, -0.05) is 177 Å². The van der Waals surface area contributed by atoms with Crippen LogP contribution in [0.3, 0.4) is 0 Å². The summed E-state index contributed by atoms with van der Waals surface area (Å²) in [5.74, 6) is -1.00. The maximum Gasteiger partial charge on any atom is 0.306 e. The van der Waals surface area contributed by atoms with E-state index in [0.29, 0.717) is 43.1 Å². The summed E-state index contributed by atoms with van der Waals surface area (Å²) in [6, 6.07) is 0. The third-order valence-electron chi connectivity index (χ3n) is 9.42. The van der Waals surface area contributed by atoms with E-state index in [0.717, 1.165) is 25.7 Å². The summed E-state index contributed by atoms with van der Waals surface area (Å²) in [6.45, 7) is 3.82. The number of carbonyl (C=O) groups excluding carboxylic acids is 2. The van der Waals surface area contributed by atoms with Gasteiger partial charge in [-0.2, -0.15) is 0 Å². The minimum Gasteiger partial charge on any atom is -0.756 e. The van der Waals surface area contributed by atoms with Crippen molar-refractivity contribution >= 4 is 19.8 Å². The summed E-state index contributed by atoms with van der Waals surface area (Å²) in [4.78, 5) is 37.5. The largest absolute Gasteiger partial charge is 0.756 e. The van der Waals surface area contributed by atoms with Crippen LogP contribution in [-0.4, -0.2) is 92.5 Å². The lowest BCUT2D eigenvalue weighted by atomic mass is 10.0. The van der Waals surface area contributed by atoms with Crippen LogP contribution in [0.1, 0.15) is 155 Å². The van der Waals surface area contributed by atoms with Gasteiger partial charge in [0.2, 0.25) is 0 Å². The van der Waals surface area contributed by atoms with Gasteiger partial charge in [-0.3, -0.25) is 14.2 Å². The zero-order valence-electron chi connectivity index (χ0n) is 38.1. The van der Waals surface area contributed by atoms with Gasteiger partial charge in [-0.05, 0) is 38.5 Å². The molecule has 346 valence electrons. The number of quaternary nitrogens is 1. The van der Waals surface area contributed by atoms with Crippen LogP contribution in [0.4, 0.5) is 0 Å². The Labute approximate surface area is 364 Å². The second-order valence-corrected chi connectivity index (χ2v) is 17.9. The van der Waals surface area contributed by atoms with Crippen LogP contribution >= 0.6 is 7.82 Å². The highest BCUT2D eigenvalue weighted by atomic mass is 31.2. The van der Waals surface area contributed by atoms with E-state index in [-0.39, 0.29) is 26.1 Å². The minimum atomic E-state index is -4.68. The molecule has 0 aliphatic carbocycles. The molecule has 0 spiro atoms. The molecule has 0 aliphatic heterocycles. The van der Waals surface area contributed by atoms with E-state index in [1.54, 1.807) is 36.5 Å². The van der Waals surface area contributed by atoms with Crippen molar-refractivity contribution in [1.82, 2.24) is 0 Å². The maximum absolute atomic E-state index is 12.7. The maximum atomic E-state index is 12.7. The van der Waals surface area contributed by atoms with Gasteiger partial charge >= 0.3 is 11.9 Å². The Morgan fingerprint density at radius 2 is 1.15 bits per heavy atom. The van der Waals surface area contributed by atoms with Gasteiger partial charge in [0.15, 0.2) is 6.10 Å². The lowest BCUT2D eigenvalue weighted by molar-refractivity contribution is -0.870. The number of aliphatic hydroxyl groups is 2. The van der Waals surface area contributed by atoms with Crippen LogP contribution in [-0.2, 0) is 32.7 Å². The number of aliphatic hydroxyl groups excluding tert-OH is 2. The molecule has 0 aliphatic rings. The third kappa shape index (κ3) is 42.1. The van der Waals surface area contributed by atoms with Gasteiger partial charge in [0.25, 0.3) is 7.82 Å². The standard InChI is InChI=1S/C48H84NO10P/c1-6-8-10-11-12-13-14-15-16-17-18-19-20-24-32-38-47(52)56-42-46(43-58-60(54,55)57-41-40-49(3,4)5)59-48(53)39-33-25-22-21-23-29-35-45(51)37-31-27-26-30-36-44(50)34-28-9-7-2/h9,22-23,25-31,36-37,44-46,50-51H,6-8,10-21,24,32-35,38-43H2,1-5H3/b25-22-,27-26-,28-9-,29-23-,36-30+,37-31+/t44-,45+,46+/m0/s1. The third-order valence-corrected chi connectivity index (χ3v) is 10.4.